The Kier molecular flexibility index (Phi) is 3.98. The largest absolute Gasteiger partial charge is 0.330 e. The monoisotopic (exact) mass is 103 g/mol. The normalized spacial score (nSPS) is 14.1. The molecule has 0 unspecified atom stereocenters. The predicted molar refractivity (Wildman–Crippen MR) is 30.7 cm³/mol. The summed E-state index contributed by atoms with van der Waals surface area (Å²) in [5.74, 6) is 0. The first kappa shape index (κ1) is 6.88. The molecule has 44 valence electrons. The molecule has 0 rings (SSSR count). The van der Waals surface area contributed by atoms with E-state index >= 15 is 0 Å². The van der Waals surface area contributed by atoms with Crippen LogP contribution in [0.25, 0.3) is 0 Å². The molecule has 3 nitrogen and oxygen atoms in total. The molecule has 0 aliphatic heterocycles. The molecule has 7 heavy (non-hydrogen) atoms. The fourth-order valence-corrected chi connectivity index (χ4v) is 0.332. The minimum absolute atomic E-state index is 0.102. The molecule has 0 amide bonds. The van der Waals surface area contributed by atoms with E-state index in [1.54, 1.807) is 0 Å². The number of hydrogen-bond donors (Lipinski definition) is 3. The Morgan fingerprint density at radius 2 is 1.86 bits per heavy atom. The molecular formula is C4H13N3. The van der Waals surface area contributed by atoms with Gasteiger partial charge in [-0.25, -0.2) is 0 Å². The summed E-state index contributed by atoms with van der Waals surface area (Å²) in [5, 5.41) is 0. The molecule has 0 bridgehead atoms. The van der Waals surface area contributed by atoms with Gasteiger partial charge in [0, 0.05) is 12.6 Å². The van der Waals surface area contributed by atoms with Crippen LogP contribution in [-0.2, 0) is 0 Å². The average molecular weight is 103 g/mol. The number of rotatable bonds is 3. The molecule has 0 saturated heterocycles. The van der Waals surface area contributed by atoms with Gasteiger partial charge in [-0.2, -0.15) is 0 Å². The first-order chi connectivity index (χ1) is 3.31. The first-order valence-corrected chi connectivity index (χ1v) is 2.47. The quantitative estimate of drug-likeness (QED) is 0.412. The third-order valence-corrected chi connectivity index (χ3v) is 0.840. The molecule has 0 aliphatic carbocycles. The lowest BCUT2D eigenvalue weighted by Crippen LogP contribution is -2.31. The first-order valence-electron chi connectivity index (χ1n) is 2.47. The smallest absolute Gasteiger partial charge is 0.0175 e. The topological polar surface area (TPSA) is 78.1 Å². The van der Waals surface area contributed by atoms with Crippen LogP contribution in [-0.4, -0.2) is 19.1 Å². The van der Waals surface area contributed by atoms with Crippen molar-refractivity contribution in [2.75, 3.05) is 13.1 Å². The molecule has 0 aromatic carbocycles. The predicted octanol–water partition coefficient (Wildman–Crippen LogP) is -1.38. The van der Waals surface area contributed by atoms with Crippen molar-refractivity contribution in [3.05, 3.63) is 0 Å². The van der Waals surface area contributed by atoms with E-state index < -0.39 is 0 Å². The van der Waals surface area contributed by atoms with Crippen molar-refractivity contribution in [3.63, 3.8) is 0 Å². The highest BCUT2D eigenvalue weighted by Gasteiger charge is 1.93. The summed E-state index contributed by atoms with van der Waals surface area (Å²) in [5.41, 5.74) is 15.7. The molecule has 0 fully saturated rings. The highest BCUT2D eigenvalue weighted by Crippen LogP contribution is 1.77. The summed E-state index contributed by atoms with van der Waals surface area (Å²) in [7, 11) is 0. The Morgan fingerprint density at radius 3 is 2.00 bits per heavy atom. The van der Waals surface area contributed by atoms with Crippen molar-refractivity contribution < 1.29 is 0 Å². The van der Waals surface area contributed by atoms with Gasteiger partial charge < -0.3 is 17.2 Å². The summed E-state index contributed by atoms with van der Waals surface area (Å²) >= 11 is 0. The van der Waals surface area contributed by atoms with E-state index in [2.05, 4.69) is 0 Å². The van der Waals surface area contributed by atoms with Crippen molar-refractivity contribution in [2.24, 2.45) is 17.2 Å². The molecule has 0 heterocycles. The van der Waals surface area contributed by atoms with E-state index in [0.717, 1.165) is 6.42 Å². The SMILES string of the molecule is NCC[C@@H](N)CN. The van der Waals surface area contributed by atoms with Crippen molar-refractivity contribution in [3.8, 4) is 0 Å². The van der Waals surface area contributed by atoms with E-state index in [1.165, 1.54) is 0 Å². The fourth-order valence-electron chi connectivity index (χ4n) is 0.332. The van der Waals surface area contributed by atoms with Gasteiger partial charge in [-0.15, -0.1) is 0 Å². The van der Waals surface area contributed by atoms with Gasteiger partial charge in [0.1, 0.15) is 0 Å². The molecule has 0 aliphatic rings. The number of hydrogen-bond acceptors (Lipinski definition) is 3. The lowest BCUT2D eigenvalue weighted by molar-refractivity contribution is 0.631. The van der Waals surface area contributed by atoms with Crippen LogP contribution in [0.3, 0.4) is 0 Å². The molecule has 6 N–H and O–H groups in total. The summed E-state index contributed by atoms with van der Waals surface area (Å²) in [6.45, 7) is 1.18. The zero-order valence-corrected chi connectivity index (χ0v) is 4.43. The summed E-state index contributed by atoms with van der Waals surface area (Å²) < 4.78 is 0. The summed E-state index contributed by atoms with van der Waals surface area (Å²) in [6.07, 6.45) is 0.830. The van der Waals surface area contributed by atoms with Crippen molar-refractivity contribution >= 4 is 0 Å². The second-order valence-electron chi connectivity index (χ2n) is 1.57. The van der Waals surface area contributed by atoms with E-state index in [0.29, 0.717) is 13.1 Å². The summed E-state index contributed by atoms with van der Waals surface area (Å²) in [6, 6.07) is 0.102. The van der Waals surface area contributed by atoms with Crippen LogP contribution in [0, 0.1) is 0 Å². The third kappa shape index (κ3) is 3.72. The molecular weight excluding hydrogens is 90.1 g/mol. The van der Waals surface area contributed by atoms with E-state index in [4.69, 9.17) is 17.2 Å². The van der Waals surface area contributed by atoms with Crippen LogP contribution in [0.4, 0.5) is 0 Å². The van der Waals surface area contributed by atoms with Gasteiger partial charge in [-0.3, -0.25) is 0 Å². The van der Waals surface area contributed by atoms with E-state index in [9.17, 15) is 0 Å². The Hall–Kier alpha value is -0.120. The maximum absolute atomic E-state index is 5.38. The van der Waals surface area contributed by atoms with Gasteiger partial charge >= 0.3 is 0 Å². The van der Waals surface area contributed by atoms with Crippen LogP contribution in [0.2, 0.25) is 0 Å². The van der Waals surface area contributed by atoms with Gasteiger partial charge in [0.15, 0.2) is 0 Å². The van der Waals surface area contributed by atoms with Crippen LogP contribution < -0.4 is 17.2 Å². The minimum Gasteiger partial charge on any atom is -0.330 e. The molecule has 0 radical (unpaired) electrons. The highest BCUT2D eigenvalue weighted by atomic mass is 14.7. The standard InChI is InChI=1S/C4H13N3/c5-2-1-4(7)3-6/h4H,1-3,5-7H2/t4-/m1/s1. The van der Waals surface area contributed by atoms with Gasteiger partial charge in [0.25, 0.3) is 0 Å². The second kappa shape index (κ2) is 4.05. The van der Waals surface area contributed by atoms with Crippen molar-refractivity contribution in [1.29, 1.82) is 0 Å². The molecule has 0 spiro atoms. The summed E-state index contributed by atoms with van der Waals surface area (Å²) in [4.78, 5) is 0. The maximum atomic E-state index is 5.38. The maximum Gasteiger partial charge on any atom is 0.0175 e. The lowest BCUT2D eigenvalue weighted by atomic mass is 10.2. The Morgan fingerprint density at radius 1 is 1.29 bits per heavy atom. The Labute approximate surface area is 43.9 Å². The second-order valence-corrected chi connectivity index (χ2v) is 1.57. The Bertz CT molecular complexity index is 37.9. The molecule has 0 aromatic rings. The number of nitrogens with two attached hydrogens (primary N) is 3. The van der Waals surface area contributed by atoms with Gasteiger partial charge in [0.2, 0.25) is 0 Å². The average Bonchev–Trinajstić information content (AvgIpc) is 1.68. The highest BCUT2D eigenvalue weighted by molar-refractivity contribution is 4.60. The zero-order valence-electron chi connectivity index (χ0n) is 4.43. The molecule has 3 heteroatoms. The molecule has 0 saturated carbocycles. The minimum atomic E-state index is 0.102. The van der Waals surface area contributed by atoms with Crippen molar-refractivity contribution in [2.45, 2.75) is 12.5 Å². The molecule has 0 aromatic heterocycles. The lowest BCUT2D eigenvalue weighted by Gasteiger charge is -2.03. The van der Waals surface area contributed by atoms with Gasteiger partial charge in [-0.05, 0) is 13.0 Å². The van der Waals surface area contributed by atoms with Crippen LogP contribution in [0.15, 0.2) is 0 Å². The van der Waals surface area contributed by atoms with Gasteiger partial charge in [0.05, 0.1) is 0 Å². The molecule has 1 atom stereocenters. The Balaban J connectivity index is 2.83. The van der Waals surface area contributed by atoms with E-state index in [-0.39, 0.29) is 6.04 Å². The van der Waals surface area contributed by atoms with Crippen molar-refractivity contribution in [1.82, 2.24) is 0 Å². The van der Waals surface area contributed by atoms with Crippen LogP contribution in [0.5, 0.6) is 0 Å². The van der Waals surface area contributed by atoms with Gasteiger partial charge in [-0.1, -0.05) is 0 Å². The van der Waals surface area contributed by atoms with Crippen LogP contribution in [0.1, 0.15) is 6.42 Å². The zero-order chi connectivity index (χ0) is 5.70. The third-order valence-electron chi connectivity index (χ3n) is 0.840. The van der Waals surface area contributed by atoms with E-state index in [1.807, 2.05) is 0 Å². The fraction of sp³-hybridized carbons (Fsp3) is 1.00. The van der Waals surface area contributed by atoms with Crippen LogP contribution >= 0.6 is 0 Å².